The lowest BCUT2D eigenvalue weighted by atomic mass is 10.1. The Balaban J connectivity index is 1.57. The summed E-state index contributed by atoms with van der Waals surface area (Å²) in [6.45, 7) is 0. The van der Waals surface area contributed by atoms with Gasteiger partial charge in [0.05, 0.1) is 39.7 Å². The first-order chi connectivity index (χ1) is 17.6. The van der Waals surface area contributed by atoms with Crippen LogP contribution < -0.4 is 24.3 Å². The van der Waals surface area contributed by atoms with Crippen molar-refractivity contribution in [3.8, 4) is 45.8 Å². The van der Waals surface area contributed by atoms with Crippen molar-refractivity contribution in [3.63, 3.8) is 0 Å². The number of hydrogen-bond acceptors (Lipinski definition) is 8. The van der Waals surface area contributed by atoms with E-state index in [-0.39, 0.29) is 11.8 Å². The van der Waals surface area contributed by atoms with Gasteiger partial charge in [0, 0.05) is 11.6 Å². The molecule has 4 aromatic rings. The zero-order chi connectivity index (χ0) is 25.5. The van der Waals surface area contributed by atoms with E-state index in [9.17, 15) is 4.79 Å². The normalized spacial score (nSPS) is 10.8. The van der Waals surface area contributed by atoms with Crippen LogP contribution in [0.1, 0.15) is 5.56 Å². The highest BCUT2D eigenvalue weighted by Gasteiger charge is 2.19. The van der Waals surface area contributed by atoms with Crippen LogP contribution in [0.2, 0.25) is 0 Å². The summed E-state index contributed by atoms with van der Waals surface area (Å²) in [4.78, 5) is 17.1. The summed E-state index contributed by atoms with van der Waals surface area (Å²) in [5, 5.41) is 6.97. The number of hydrogen-bond donors (Lipinski definition) is 1. The molecule has 0 bridgehead atoms. The maximum Gasteiger partial charge on any atom is 0.260 e. The van der Waals surface area contributed by atoms with E-state index in [0.29, 0.717) is 39.9 Å². The Morgan fingerprint density at radius 2 is 1.58 bits per heavy atom. The van der Waals surface area contributed by atoms with Gasteiger partial charge in [-0.3, -0.25) is 4.79 Å². The Labute approximate surface area is 208 Å². The van der Waals surface area contributed by atoms with Gasteiger partial charge in [0.2, 0.25) is 17.5 Å². The summed E-state index contributed by atoms with van der Waals surface area (Å²) in [5.41, 5.74) is 2.59. The lowest BCUT2D eigenvalue weighted by molar-refractivity contribution is -0.111. The number of methoxy groups -OCH3 is 4. The van der Waals surface area contributed by atoms with E-state index in [1.807, 2.05) is 36.4 Å². The van der Waals surface area contributed by atoms with E-state index in [1.54, 1.807) is 37.5 Å². The lowest BCUT2D eigenvalue weighted by Crippen LogP contribution is -2.08. The monoisotopic (exact) mass is 487 g/mol. The fourth-order valence-corrected chi connectivity index (χ4v) is 3.50. The molecule has 1 amide bonds. The second-order valence-corrected chi connectivity index (χ2v) is 7.48. The van der Waals surface area contributed by atoms with Crippen molar-refractivity contribution < 1.29 is 28.3 Å². The Bertz CT molecular complexity index is 1350. The third-order valence-corrected chi connectivity index (χ3v) is 5.31. The maximum absolute atomic E-state index is 12.6. The van der Waals surface area contributed by atoms with Gasteiger partial charge >= 0.3 is 0 Å². The first kappa shape index (κ1) is 24.3. The number of carbonyl (C=O) groups is 1. The number of carbonyl (C=O) groups excluding carboxylic acids is 1. The van der Waals surface area contributed by atoms with Crippen LogP contribution in [0.25, 0.3) is 28.9 Å². The number of benzene rings is 3. The van der Waals surface area contributed by atoms with Crippen molar-refractivity contribution in [3.05, 3.63) is 72.3 Å². The standard InChI is InChI=1S/C27H25N3O6/c1-32-19-12-9-17(10-13-19)11-14-24(31)28-21-8-6-5-7-20(21)27-29-26(30-36-27)18-15-22(33-2)25(35-4)23(16-18)34-3/h5-16H,1-4H3,(H,28,31)/b14-11+. The van der Waals surface area contributed by atoms with Crippen LogP contribution in [-0.2, 0) is 4.79 Å². The van der Waals surface area contributed by atoms with Gasteiger partial charge < -0.3 is 28.8 Å². The van der Waals surface area contributed by atoms with E-state index in [0.717, 1.165) is 11.3 Å². The van der Waals surface area contributed by atoms with Gasteiger partial charge in [0.25, 0.3) is 5.89 Å². The molecule has 0 atom stereocenters. The van der Waals surface area contributed by atoms with Crippen molar-refractivity contribution >= 4 is 17.7 Å². The van der Waals surface area contributed by atoms with Crippen LogP contribution >= 0.6 is 0 Å². The molecule has 1 N–H and O–H groups in total. The van der Waals surface area contributed by atoms with Crippen LogP contribution in [0.5, 0.6) is 23.0 Å². The summed E-state index contributed by atoms with van der Waals surface area (Å²) in [5.74, 6) is 2.41. The highest BCUT2D eigenvalue weighted by molar-refractivity contribution is 6.03. The van der Waals surface area contributed by atoms with Crippen molar-refractivity contribution in [2.75, 3.05) is 33.8 Å². The molecule has 0 aliphatic carbocycles. The molecule has 0 saturated carbocycles. The summed E-state index contributed by atoms with van der Waals surface area (Å²) >= 11 is 0. The first-order valence-corrected chi connectivity index (χ1v) is 10.9. The van der Waals surface area contributed by atoms with Gasteiger partial charge in [-0.25, -0.2) is 0 Å². The fourth-order valence-electron chi connectivity index (χ4n) is 3.50. The van der Waals surface area contributed by atoms with Crippen LogP contribution in [0.3, 0.4) is 0 Å². The highest BCUT2D eigenvalue weighted by Crippen LogP contribution is 2.41. The molecular formula is C27H25N3O6. The number of ether oxygens (including phenoxy) is 4. The number of nitrogens with one attached hydrogen (secondary N) is 1. The fraction of sp³-hybridized carbons (Fsp3) is 0.148. The van der Waals surface area contributed by atoms with Crippen LogP contribution in [0.15, 0.2) is 71.3 Å². The molecule has 1 aromatic heterocycles. The molecule has 3 aromatic carbocycles. The number of nitrogens with zero attached hydrogens (tertiary/aromatic N) is 2. The predicted molar refractivity (Wildman–Crippen MR) is 135 cm³/mol. The van der Waals surface area contributed by atoms with E-state index < -0.39 is 0 Å². The zero-order valence-corrected chi connectivity index (χ0v) is 20.3. The SMILES string of the molecule is COc1ccc(/C=C/C(=O)Nc2ccccc2-c2nc(-c3cc(OC)c(OC)c(OC)c3)no2)cc1. The molecule has 1 heterocycles. The lowest BCUT2D eigenvalue weighted by Gasteiger charge is -2.12. The molecular weight excluding hydrogens is 462 g/mol. The van der Waals surface area contributed by atoms with Crippen LogP contribution in [0, 0.1) is 0 Å². The molecule has 0 fully saturated rings. The molecule has 0 unspecified atom stereocenters. The van der Waals surface area contributed by atoms with Crippen molar-refractivity contribution in [2.24, 2.45) is 0 Å². The molecule has 9 heteroatoms. The van der Waals surface area contributed by atoms with Crippen molar-refractivity contribution in [1.82, 2.24) is 10.1 Å². The largest absolute Gasteiger partial charge is 0.497 e. The van der Waals surface area contributed by atoms with Gasteiger partial charge in [-0.2, -0.15) is 4.98 Å². The molecule has 184 valence electrons. The Kier molecular flexibility index (Phi) is 7.50. The second kappa shape index (κ2) is 11.1. The van der Waals surface area contributed by atoms with Gasteiger partial charge in [0.1, 0.15) is 5.75 Å². The Hall–Kier alpha value is -4.79. The summed E-state index contributed by atoms with van der Waals surface area (Å²) in [6.07, 6.45) is 3.17. The number of anilines is 1. The topological polar surface area (TPSA) is 105 Å². The molecule has 0 radical (unpaired) electrons. The van der Waals surface area contributed by atoms with Crippen LogP contribution in [0.4, 0.5) is 5.69 Å². The maximum atomic E-state index is 12.6. The predicted octanol–water partition coefficient (Wildman–Crippen LogP) is 5.09. The minimum atomic E-state index is -0.303. The first-order valence-electron chi connectivity index (χ1n) is 10.9. The number of amides is 1. The second-order valence-electron chi connectivity index (χ2n) is 7.48. The minimum Gasteiger partial charge on any atom is -0.497 e. The van der Waals surface area contributed by atoms with Crippen molar-refractivity contribution in [1.29, 1.82) is 0 Å². The van der Waals surface area contributed by atoms with E-state index in [2.05, 4.69) is 15.5 Å². The molecule has 4 rings (SSSR count). The van der Waals surface area contributed by atoms with Gasteiger partial charge in [-0.05, 0) is 48.0 Å². The zero-order valence-electron chi connectivity index (χ0n) is 20.3. The molecule has 0 aliphatic rings. The Morgan fingerprint density at radius 1 is 0.889 bits per heavy atom. The minimum absolute atomic E-state index is 0.244. The molecule has 0 saturated heterocycles. The number of para-hydroxylation sites is 1. The quantitative estimate of drug-likeness (QED) is 0.326. The summed E-state index contributed by atoms with van der Waals surface area (Å²) < 4.78 is 26.9. The average Bonchev–Trinajstić information content (AvgIpc) is 3.41. The smallest absolute Gasteiger partial charge is 0.260 e. The molecule has 0 aliphatic heterocycles. The summed E-state index contributed by atoms with van der Waals surface area (Å²) in [6, 6.07) is 18.0. The van der Waals surface area contributed by atoms with E-state index in [1.165, 1.54) is 27.4 Å². The average molecular weight is 488 g/mol. The van der Waals surface area contributed by atoms with E-state index >= 15 is 0 Å². The molecule has 9 nitrogen and oxygen atoms in total. The number of rotatable bonds is 9. The van der Waals surface area contributed by atoms with Gasteiger partial charge in [-0.15, -0.1) is 0 Å². The summed E-state index contributed by atoms with van der Waals surface area (Å²) in [7, 11) is 6.20. The Morgan fingerprint density at radius 3 is 2.22 bits per heavy atom. The third-order valence-electron chi connectivity index (χ3n) is 5.31. The van der Waals surface area contributed by atoms with Gasteiger partial charge in [0.15, 0.2) is 11.5 Å². The van der Waals surface area contributed by atoms with Crippen molar-refractivity contribution in [2.45, 2.75) is 0 Å². The van der Waals surface area contributed by atoms with Gasteiger partial charge in [-0.1, -0.05) is 29.4 Å². The third kappa shape index (κ3) is 5.30. The molecule has 0 spiro atoms. The van der Waals surface area contributed by atoms with Crippen LogP contribution in [-0.4, -0.2) is 44.5 Å². The number of aromatic nitrogens is 2. The van der Waals surface area contributed by atoms with E-state index in [4.69, 9.17) is 23.5 Å². The highest BCUT2D eigenvalue weighted by atomic mass is 16.5. The molecule has 36 heavy (non-hydrogen) atoms.